The maximum Gasteiger partial charge on any atom is 0.243 e. The molecule has 6 N–H and O–H groups in total. The number of nitrogens with one attached hydrogen (secondary N) is 2. The third-order valence-corrected chi connectivity index (χ3v) is 3.80. The summed E-state index contributed by atoms with van der Waals surface area (Å²) in [6.45, 7) is 4.86. The first-order valence-corrected chi connectivity index (χ1v) is 8.42. The minimum Gasteiger partial charge on any atom is -0.364 e. The molecule has 25 heavy (non-hydrogen) atoms. The molecule has 0 aliphatic carbocycles. The zero-order chi connectivity index (χ0) is 19.0. The molecular formula is C18H29N3O4. The monoisotopic (exact) mass is 351 g/mol. The molecule has 0 bridgehead atoms. The molecule has 7 nitrogen and oxygen atoms in total. The van der Waals surface area contributed by atoms with E-state index in [1.165, 1.54) is 6.92 Å². The third-order valence-electron chi connectivity index (χ3n) is 3.80. The van der Waals surface area contributed by atoms with Crippen LogP contribution in [0.2, 0.25) is 0 Å². The lowest BCUT2D eigenvalue weighted by Gasteiger charge is -2.31. The summed E-state index contributed by atoms with van der Waals surface area (Å²) in [6.07, 6.45) is 0.665. The molecule has 0 aliphatic heterocycles. The van der Waals surface area contributed by atoms with Crippen molar-refractivity contribution in [3.05, 3.63) is 35.9 Å². The predicted molar refractivity (Wildman–Crippen MR) is 95.4 cm³/mol. The number of rotatable bonds is 9. The summed E-state index contributed by atoms with van der Waals surface area (Å²) in [5, 5.41) is 25.3. The number of hydrogen-bond acceptors (Lipinski definition) is 5. The van der Waals surface area contributed by atoms with Crippen LogP contribution in [0.5, 0.6) is 0 Å². The van der Waals surface area contributed by atoms with E-state index >= 15 is 0 Å². The molecule has 0 heterocycles. The van der Waals surface area contributed by atoms with Crippen LogP contribution in [0.15, 0.2) is 30.3 Å². The van der Waals surface area contributed by atoms with Crippen molar-refractivity contribution in [1.29, 1.82) is 0 Å². The molecule has 0 aliphatic rings. The Morgan fingerprint density at radius 3 is 2.24 bits per heavy atom. The first-order valence-electron chi connectivity index (χ1n) is 8.42. The lowest BCUT2D eigenvalue weighted by Crippen LogP contribution is -2.57. The molecule has 1 aromatic carbocycles. The van der Waals surface area contributed by atoms with Gasteiger partial charge in [0.15, 0.2) is 5.79 Å². The van der Waals surface area contributed by atoms with Crippen LogP contribution in [0.3, 0.4) is 0 Å². The van der Waals surface area contributed by atoms with E-state index in [-0.39, 0.29) is 18.9 Å². The molecule has 140 valence electrons. The lowest BCUT2D eigenvalue weighted by molar-refractivity contribution is -0.172. The fraction of sp³-hybridized carbons (Fsp3) is 0.556. The number of aliphatic hydroxyl groups is 2. The van der Waals surface area contributed by atoms with Gasteiger partial charge in [0.25, 0.3) is 0 Å². The van der Waals surface area contributed by atoms with Crippen molar-refractivity contribution in [2.24, 2.45) is 11.7 Å². The van der Waals surface area contributed by atoms with Crippen molar-refractivity contribution in [2.45, 2.75) is 51.5 Å². The SMILES string of the molecule is CC(C)C[C@H](NC(=O)CN)C(=O)N[C@@H](Cc1ccccc1)C(C)(O)O. The number of carbonyl (C=O) groups is 2. The quantitative estimate of drug-likeness (QED) is 0.398. The van der Waals surface area contributed by atoms with Gasteiger partial charge in [0.05, 0.1) is 12.6 Å². The van der Waals surface area contributed by atoms with Gasteiger partial charge >= 0.3 is 0 Å². The van der Waals surface area contributed by atoms with Crippen LogP contribution in [0.4, 0.5) is 0 Å². The maximum absolute atomic E-state index is 12.6. The highest BCUT2D eigenvalue weighted by molar-refractivity contribution is 5.88. The average molecular weight is 351 g/mol. The maximum atomic E-state index is 12.6. The summed E-state index contributed by atoms with van der Waals surface area (Å²) < 4.78 is 0. The Morgan fingerprint density at radius 1 is 1.16 bits per heavy atom. The average Bonchev–Trinajstić information content (AvgIpc) is 2.53. The van der Waals surface area contributed by atoms with Crippen LogP contribution in [-0.2, 0) is 16.0 Å². The molecule has 2 amide bonds. The van der Waals surface area contributed by atoms with Gasteiger partial charge in [-0.15, -0.1) is 0 Å². The first kappa shape index (κ1) is 21.1. The normalized spacial score (nSPS) is 14.0. The van der Waals surface area contributed by atoms with Crippen LogP contribution in [0.1, 0.15) is 32.8 Å². The Morgan fingerprint density at radius 2 is 1.76 bits per heavy atom. The van der Waals surface area contributed by atoms with Crippen LogP contribution in [0.25, 0.3) is 0 Å². The molecule has 0 unspecified atom stereocenters. The van der Waals surface area contributed by atoms with E-state index in [4.69, 9.17) is 5.73 Å². The molecule has 1 aromatic rings. The largest absolute Gasteiger partial charge is 0.364 e. The Bertz CT molecular complexity index is 555. The summed E-state index contributed by atoms with van der Waals surface area (Å²) in [5.74, 6) is -2.84. The summed E-state index contributed by atoms with van der Waals surface area (Å²) in [4.78, 5) is 24.2. The topological polar surface area (TPSA) is 125 Å². The van der Waals surface area contributed by atoms with E-state index in [0.29, 0.717) is 6.42 Å². The Labute approximate surface area is 148 Å². The van der Waals surface area contributed by atoms with Crippen LogP contribution < -0.4 is 16.4 Å². The summed E-state index contributed by atoms with van der Waals surface area (Å²) in [5.41, 5.74) is 6.16. The Kier molecular flexibility index (Phi) is 8.02. The van der Waals surface area contributed by atoms with Crippen molar-refractivity contribution in [1.82, 2.24) is 10.6 Å². The van der Waals surface area contributed by atoms with Gasteiger partial charge in [-0.1, -0.05) is 44.2 Å². The van der Waals surface area contributed by atoms with Gasteiger partial charge in [0.1, 0.15) is 6.04 Å². The number of hydrogen-bond donors (Lipinski definition) is 5. The van der Waals surface area contributed by atoms with Crippen molar-refractivity contribution in [2.75, 3.05) is 6.54 Å². The van der Waals surface area contributed by atoms with Crippen molar-refractivity contribution in [3.8, 4) is 0 Å². The van der Waals surface area contributed by atoms with E-state index in [1.54, 1.807) is 0 Å². The molecule has 7 heteroatoms. The van der Waals surface area contributed by atoms with Crippen molar-refractivity contribution in [3.63, 3.8) is 0 Å². The molecule has 1 rings (SSSR count). The number of amides is 2. The Hall–Kier alpha value is -1.96. The van der Waals surface area contributed by atoms with E-state index in [1.807, 2.05) is 44.2 Å². The number of benzene rings is 1. The van der Waals surface area contributed by atoms with Crippen LogP contribution in [0, 0.1) is 5.92 Å². The molecule has 2 atom stereocenters. The molecular weight excluding hydrogens is 322 g/mol. The number of nitrogens with two attached hydrogens (primary N) is 1. The van der Waals surface area contributed by atoms with Crippen molar-refractivity contribution >= 4 is 11.8 Å². The van der Waals surface area contributed by atoms with E-state index in [9.17, 15) is 19.8 Å². The fourth-order valence-electron chi connectivity index (χ4n) is 2.46. The third kappa shape index (κ3) is 7.64. The molecule has 0 saturated carbocycles. The summed E-state index contributed by atoms with van der Waals surface area (Å²) in [7, 11) is 0. The smallest absolute Gasteiger partial charge is 0.243 e. The highest BCUT2D eigenvalue weighted by Gasteiger charge is 2.33. The van der Waals surface area contributed by atoms with Gasteiger partial charge in [-0.2, -0.15) is 0 Å². The van der Waals surface area contributed by atoms with Crippen LogP contribution in [-0.4, -0.2) is 46.4 Å². The predicted octanol–water partition coefficient (Wildman–Crippen LogP) is -0.0957. The molecule has 0 saturated heterocycles. The van der Waals surface area contributed by atoms with E-state index in [0.717, 1.165) is 5.56 Å². The van der Waals surface area contributed by atoms with Crippen molar-refractivity contribution < 1.29 is 19.8 Å². The highest BCUT2D eigenvalue weighted by atomic mass is 16.5. The molecule has 0 radical (unpaired) electrons. The van der Waals surface area contributed by atoms with E-state index < -0.39 is 29.7 Å². The zero-order valence-corrected chi connectivity index (χ0v) is 15.0. The van der Waals surface area contributed by atoms with E-state index in [2.05, 4.69) is 10.6 Å². The van der Waals surface area contributed by atoms with Gasteiger partial charge in [0, 0.05) is 0 Å². The van der Waals surface area contributed by atoms with Gasteiger partial charge in [-0.25, -0.2) is 0 Å². The van der Waals surface area contributed by atoms with Crippen LogP contribution >= 0.6 is 0 Å². The van der Waals surface area contributed by atoms with Gasteiger partial charge < -0.3 is 26.6 Å². The van der Waals surface area contributed by atoms with Gasteiger partial charge in [0.2, 0.25) is 11.8 Å². The molecule has 0 aromatic heterocycles. The Balaban J connectivity index is 2.88. The second kappa shape index (κ2) is 9.50. The highest BCUT2D eigenvalue weighted by Crippen LogP contribution is 2.14. The number of carbonyl (C=O) groups excluding carboxylic acids is 2. The molecule has 0 fully saturated rings. The standard InChI is InChI=1S/C18H29N3O4/c1-12(2)9-14(20-16(22)11-19)17(23)21-15(18(3,24)25)10-13-7-5-4-6-8-13/h4-8,12,14-15,24-25H,9-11,19H2,1-3H3,(H,20,22)(H,21,23)/t14-,15-/m0/s1. The fourth-order valence-corrected chi connectivity index (χ4v) is 2.46. The summed E-state index contributed by atoms with van der Waals surface area (Å²) >= 11 is 0. The molecule has 0 spiro atoms. The minimum atomic E-state index is -2.11. The second-order valence-corrected chi connectivity index (χ2v) is 6.80. The first-order chi connectivity index (χ1) is 11.6. The minimum absolute atomic E-state index is 0.163. The zero-order valence-electron chi connectivity index (χ0n) is 15.0. The lowest BCUT2D eigenvalue weighted by atomic mass is 9.97. The van der Waals surface area contributed by atoms with Gasteiger partial charge in [-0.3, -0.25) is 9.59 Å². The van der Waals surface area contributed by atoms with Gasteiger partial charge in [-0.05, 0) is 31.2 Å². The second-order valence-electron chi connectivity index (χ2n) is 6.80. The summed E-state index contributed by atoms with van der Waals surface area (Å²) in [6, 6.07) is 7.50.